The van der Waals surface area contributed by atoms with Crippen molar-refractivity contribution < 1.29 is 0 Å². The molecule has 94 valence electrons. The van der Waals surface area contributed by atoms with Crippen molar-refractivity contribution in [2.24, 2.45) is 11.8 Å². The highest BCUT2D eigenvalue weighted by molar-refractivity contribution is 5.03. The summed E-state index contributed by atoms with van der Waals surface area (Å²) in [5.74, 6) is 1.83. The van der Waals surface area contributed by atoms with Crippen molar-refractivity contribution in [3.8, 4) is 0 Å². The lowest BCUT2D eigenvalue weighted by Gasteiger charge is -2.26. The molecule has 0 fully saturated rings. The molecule has 0 aliphatic heterocycles. The normalized spacial score (nSPS) is 22.9. The van der Waals surface area contributed by atoms with Gasteiger partial charge in [0.15, 0.2) is 0 Å². The maximum Gasteiger partial charge on any atom is -0.00463 e. The molecule has 0 saturated carbocycles. The van der Waals surface area contributed by atoms with Gasteiger partial charge in [-0.1, -0.05) is 31.9 Å². The Morgan fingerprint density at radius 1 is 1.44 bits per heavy atom. The van der Waals surface area contributed by atoms with Gasteiger partial charge in [-0.05, 0) is 64.0 Å². The summed E-state index contributed by atoms with van der Waals surface area (Å²) in [6, 6.07) is 0. The molecule has 1 aliphatic rings. The van der Waals surface area contributed by atoms with E-state index in [1.54, 1.807) is 5.57 Å². The predicted molar refractivity (Wildman–Crippen MR) is 72.7 cm³/mol. The fourth-order valence-electron chi connectivity index (χ4n) is 2.49. The molecule has 1 N–H and O–H groups in total. The van der Waals surface area contributed by atoms with Crippen LogP contribution in [0.15, 0.2) is 11.6 Å². The zero-order chi connectivity index (χ0) is 11.8. The lowest BCUT2D eigenvalue weighted by Crippen LogP contribution is -2.22. The van der Waals surface area contributed by atoms with Gasteiger partial charge in [-0.3, -0.25) is 0 Å². The number of hydrogen-bond acceptors (Lipinski definition) is 1. The van der Waals surface area contributed by atoms with E-state index in [-0.39, 0.29) is 0 Å². The fourth-order valence-corrected chi connectivity index (χ4v) is 2.49. The van der Waals surface area contributed by atoms with Crippen LogP contribution in [0.3, 0.4) is 0 Å². The first kappa shape index (κ1) is 13.8. The van der Waals surface area contributed by atoms with E-state index >= 15 is 0 Å². The molecule has 0 heterocycles. The standard InChI is InChI=1S/C15H29N/c1-4-5-11-16-12-10-14(3)15-8-6-13(2)7-9-15/h6,14-16H,4-5,7-12H2,1-3H3/t14?,15-/m0/s1. The molecule has 0 bridgehead atoms. The lowest BCUT2D eigenvalue weighted by atomic mass is 9.80. The van der Waals surface area contributed by atoms with Crippen LogP contribution in [0.5, 0.6) is 0 Å². The average molecular weight is 223 g/mol. The molecule has 1 nitrogen and oxygen atoms in total. The van der Waals surface area contributed by atoms with Gasteiger partial charge in [-0.2, -0.15) is 0 Å². The maximum absolute atomic E-state index is 3.55. The van der Waals surface area contributed by atoms with Crippen molar-refractivity contribution in [3.05, 3.63) is 11.6 Å². The minimum absolute atomic E-state index is 0.887. The first-order valence-corrected chi connectivity index (χ1v) is 7.10. The van der Waals surface area contributed by atoms with E-state index in [1.165, 1.54) is 51.6 Å². The summed E-state index contributed by atoms with van der Waals surface area (Å²) in [6.45, 7) is 9.36. The van der Waals surface area contributed by atoms with Crippen LogP contribution in [-0.2, 0) is 0 Å². The summed E-state index contributed by atoms with van der Waals surface area (Å²) in [7, 11) is 0. The SMILES string of the molecule is CCCCNCCC(C)[C@H]1CC=C(C)CC1. The van der Waals surface area contributed by atoms with Gasteiger partial charge in [0.1, 0.15) is 0 Å². The monoisotopic (exact) mass is 223 g/mol. The first-order valence-electron chi connectivity index (χ1n) is 7.10. The Kier molecular flexibility index (Phi) is 6.79. The summed E-state index contributed by atoms with van der Waals surface area (Å²) in [6.07, 6.45) is 10.5. The third-order valence-electron chi connectivity index (χ3n) is 3.97. The van der Waals surface area contributed by atoms with Gasteiger partial charge in [-0.15, -0.1) is 0 Å². The molecular weight excluding hydrogens is 194 g/mol. The molecule has 0 saturated heterocycles. The summed E-state index contributed by atoms with van der Waals surface area (Å²) < 4.78 is 0. The number of allylic oxidation sites excluding steroid dienone is 2. The molecule has 0 aromatic heterocycles. The van der Waals surface area contributed by atoms with Crippen LogP contribution in [0.25, 0.3) is 0 Å². The van der Waals surface area contributed by atoms with Crippen molar-refractivity contribution in [1.29, 1.82) is 0 Å². The Morgan fingerprint density at radius 3 is 2.88 bits per heavy atom. The Hall–Kier alpha value is -0.300. The van der Waals surface area contributed by atoms with Crippen molar-refractivity contribution in [2.75, 3.05) is 13.1 Å². The van der Waals surface area contributed by atoms with Crippen LogP contribution in [-0.4, -0.2) is 13.1 Å². The van der Waals surface area contributed by atoms with Crippen LogP contribution in [0, 0.1) is 11.8 Å². The second-order valence-corrected chi connectivity index (χ2v) is 5.45. The van der Waals surface area contributed by atoms with E-state index in [9.17, 15) is 0 Å². The average Bonchev–Trinajstić information content (AvgIpc) is 2.29. The highest BCUT2D eigenvalue weighted by atomic mass is 14.8. The largest absolute Gasteiger partial charge is 0.317 e. The molecule has 0 aromatic rings. The molecule has 0 spiro atoms. The summed E-state index contributed by atoms with van der Waals surface area (Å²) >= 11 is 0. The smallest absolute Gasteiger partial charge is 0.00463 e. The van der Waals surface area contributed by atoms with Gasteiger partial charge >= 0.3 is 0 Å². The van der Waals surface area contributed by atoms with E-state index in [2.05, 4.69) is 32.2 Å². The van der Waals surface area contributed by atoms with Gasteiger partial charge in [0, 0.05) is 0 Å². The van der Waals surface area contributed by atoms with Gasteiger partial charge in [0.05, 0.1) is 0 Å². The Morgan fingerprint density at radius 2 is 2.25 bits per heavy atom. The Labute approximate surface area is 102 Å². The second kappa shape index (κ2) is 7.89. The number of hydrogen-bond donors (Lipinski definition) is 1. The second-order valence-electron chi connectivity index (χ2n) is 5.45. The molecule has 1 unspecified atom stereocenters. The molecule has 1 rings (SSSR count). The summed E-state index contributed by atoms with van der Waals surface area (Å²) in [5.41, 5.74) is 1.60. The number of nitrogens with one attached hydrogen (secondary N) is 1. The number of unbranched alkanes of at least 4 members (excludes halogenated alkanes) is 1. The van der Waals surface area contributed by atoms with Crippen LogP contribution < -0.4 is 5.32 Å². The molecule has 0 aromatic carbocycles. The van der Waals surface area contributed by atoms with Crippen molar-refractivity contribution in [2.45, 2.75) is 59.3 Å². The third-order valence-corrected chi connectivity index (χ3v) is 3.97. The van der Waals surface area contributed by atoms with E-state index in [0.717, 1.165) is 11.8 Å². The van der Waals surface area contributed by atoms with Gasteiger partial charge in [-0.25, -0.2) is 0 Å². The quantitative estimate of drug-likeness (QED) is 0.505. The van der Waals surface area contributed by atoms with Crippen LogP contribution in [0.2, 0.25) is 0 Å². The van der Waals surface area contributed by atoms with Crippen LogP contribution in [0.1, 0.15) is 59.3 Å². The molecule has 16 heavy (non-hydrogen) atoms. The molecule has 0 amide bonds. The minimum Gasteiger partial charge on any atom is -0.317 e. The van der Waals surface area contributed by atoms with Crippen molar-refractivity contribution in [1.82, 2.24) is 5.32 Å². The molecule has 0 radical (unpaired) electrons. The minimum atomic E-state index is 0.887. The highest BCUT2D eigenvalue weighted by Crippen LogP contribution is 2.30. The summed E-state index contributed by atoms with van der Waals surface area (Å²) in [5, 5.41) is 3.55. The topological polar surface area (TPSA) is 12.0 Å². The fraction of sp³-hybridized carbons (Fsp3) is 0.867. The van der Waals surface area contributed by atoms with Crippen LogP contribution in [0.4, 0.5) is 0 Å². The van der Waals surface area contributed by atoms with E-state index in [4.69, 9.17) is 0 Å². The van der Waals surface area contributed by atoms with Crippen LogP contribution >= 0.6 is 0 Å². The predicted octanol–water partition coefficient (Wildman–Crippen LogP) is 4.15. The molecule has 1 aliphatic carbocycles. The molecule has 2 atom stereocenters. The molecule has 1 heteroatoms. The highest BCUT2D eigenvalue weighted by Gasteiger charge is 2.18. The zero-order valence-electron chi connectivity index (χ0n) is 11.4. The Balaban J connectivity index is 2.08. The zero-order valence-corrected chi connectivity index (χ0v) is 11.4. The first-order chi connectivity index (χ1) is 7.74. The Bertz CT molecular complexity index is 207. The van der Waals surface area contributed by atoms with Gasteiger partial charge in [0.25, 0.3) is 0 Å². The maximum atomic E-state index is 3.55. The van der Waals surface area contributed by atoms with Crippen molar-refractivity contribution in [3.63, 3.8) is 0 Å². The number of rotatable bonds is 7. The van der Waals surface area contributed by atoms with Gasteiger partial charge < -0.3 is 5.32 Å². The summed E-state index contributed by atoms with van der Waals surface area (Å²) in [4.78, 5) is 0. The van der Waals surface area contributed by atoms with E-state index in [0.29, 0.717) is 0 Å². The van der Waals surface area contributed by atoms with E-state index in [1.807, 2.05) is 0 Å². The third kappa shape index (κ3) is 5.16. The van der Waals surface area contributed by atoms with E-state index < -0.39 is 0 Å². The van der Waals surface area contributed by atoms with Gasteiger partial charge in [0.2, 0.25) is 0 Å². The van der Waals surface area contributed by atoms with Crippen molar-refractivity contribution >= 4 is 0 Å². The molecular formula is C15H29N. The lowest BCUT2D eigenvalue weighted by molar-refractivity contribution is 0.306.